The highest BCUT2D eigenvalue weighted by Crippen LogP contribution is 2.46. The van der Waals surface area contributed by atoms with Gasteiger partial charge in [-0.25, -0.2) is 4.79 Å². The Labute approximate surface area is 170 Å². The largest absolute Gasteiger partial charge is 0.497 e. The van der Waals surface area contributed by atoms with Gasteiger partial charge in [-0.3, -0.25) is 4.79 Å². The van der Waals surface area contributed by atoms with Crippen molar-refractivity contribution in [3.05, 3.63) is 65.4 Å². The van der Waals surface area contributed by atoms with E-state index in [1.807, 2.05) is 30.1 Å². The molecule has 6 nitrogen and oxygen atoms in total. The Kier molecular flexibility index (Phi) is 5.64. The minimum Gasteiger partial charge on any atom is -0.497 e. The van der Waals surface area contributed by atoms with Crippen molar-refractivity contribution in [3.63, 3.8) is 0 Å². The zero-order valence-corrected chi connectivity index (χ0v) is 17.3. The normalized spacial score (nSPS) is 15.8. The second-order valence-corrected chi connectivity index (χ2v) is 7.34. The monoisotopic (exact) mass is 395 g/mol. The number of fused-ring (bicyclic) bond motifs is 1. The van der Waals surface area contributed by atoms with E-state index in [1.54, 1.807) is 24.3 Å². The Hall–Kier alpha value is -3.28. The molecule has 1 aliphatic heterocycles. The molecular weight excluding hydrogens is 370 g/mol. The molecule has 0 atom stereocenters. The van der Waals surface area contributed by atoms with E-state index in [4.69, 9.17) is 14.2 Å². The van der Waals surface area contributed by atoms with Crippen LogP contribution in [0, 0.1) is 0 Å². The maximum atomic E-state index is 12.5. The summed E-state index contributed by atoms with van der Waals surface area (Å²) in [5.74, 6) is -0.0234. The van der Waals surface area contributed by atoms with E-state index in [9.17, 15) is 9.59 Å². The number of likely N-dealkylation sites (N-methyl/N-ethyl adjacent to an activating group) is 1. The molecule has 0 unspecified atom stereocenters. The van der Waals surface area contributed by atoms with Crippen LogP contribution in [-0.2, 0) is 14.9 Å². The van der Waals surface area contributed by atoms with Crippen molar-refractivity contribution in [2.75, 3.05) is 32.8 Å². The van der Waals surface area contributed by atoms with E-state index in [-0.39, 0.29) is 23.4 Å². The zero-order chi connectivity index (χ0) is 21.2. The highest BCUT2D eigenvalue weighted by Gasteiger charge is 2.38. The Bertz CT molecular complexity index is 977. The molecule has 1 aliphatic rings. The maximum Gasteiger partial charge on any atom is 0.342 e. The molecule has 2 aromatic rings. The van der Waals surface area contributed by atoms with Gasteiger partial charge in [0.05, 0.1) is 14.2 Å². The Morgan fingerprint density at radius 2 is 1.79 bits per heavy atom. The second-order valence-electron chi connectivity index (χ2n) is 7.34. The number of carbonyl (C=O) groups is 2. The van der Waals surface area contributed by atoms with Gasteiger partial charge < -0.3 is 19.1 Å². The number of anilines is 1. The Balaban J connectivity index is 1.73. The summed E-state index contributed by atoms with van der Waals surface area (Å²) in [5, 5.41) is 0. The van der Waals surface area contributed by atoms with Crippen molar-refractivity contribution in [3.8, 4) is 11.5 Å². The van der Waals surface area contributed by atoms with Gasteiger partial charge in [-0.15, -0.1) is 0 Å². The summed E-state index contributed by atoms with van der Waals surface area (Å²) in [6, 6.07) is 12.8. The van der Waals surface area contributed by atoms with Crippen molar-refractivity contribution < 1.29 is 23.8 Å². The number of allylic oxidation sites excluding steroid dienone is 1. The molecule has 152 valence electrons. The van der Waals surface area contributed by atoms with Crippen LogP contribution in [0.1, 0.15) is 29.8 Å². The Morgan fingerprint density at radius 3 is 2.45 bits per heavy atom. The minimum atomic E-state index is -0.626. The summed E-state index contributed by atoms with van der Waals surface area (Å²) in [6.07, 6.45) is 1.55. The Morgan fingerprint density at radius 1 is 1.07 bits per heavy atom. The number of para-hydroxylation sites is 1. The summed E-state index contributed by atoms with van der Waals surface area (Å²) in [6.45, 7) is 3.79. The van der Waals surface area contributed by atoms with Gasteiger partial charge in [0, 0.05) is 36.0 Å². The lowest BCUT2D eigenvalue weighted by molar-refractivity contribution is -0.117. The molecule has 29 heavy (non-hydrogen) atoms. The van der Waals surface area contributed by atoms with E-state index in [2.05, 4.69) is 19.9 Å². The first-order chi connectivity index (χ1) is 13.8. The van der Waals surface area contributed by atoms with Crippen LogP contribution in [0.3, 0.4) is 0 Å². The molecule has 3 rings (SSSR count). The summed E-state index contributed by atoms with van der Waals surface area (Å²) in [4.78, 5) is 27.0. The smallest absolute Gasteiger partial charge is 0.342 e. The van der Waals surface area contributed by atoms with Crippen LogP contribution in [0.25, 0.3) is 0 Å². The summed E-state index contributed by atoms with van der Waals surface area (Å²) in [5.41, 5.74) is 3.00. The molecule has 0 spiro atoms. The molecule has 0 saturated heterocycles. The van der Waals surface area contributed by atoms with E-state index in [1.165, 1.54) is 14.2 Å². The van der Waals surface area contributed by atoms with E-state index < -0.39 is 5.97 Å². The molecule has 0 saturated carbocycles. The molecule has 0 amide bonds. The van der Waals surface area contributed by atoms with Gasteiger partial charge in [0.1, 0.15) is 17.1 Å². The molecule has 0 aromatic heterocycles. The lowest BCUT2D eigenvalue weighted by Crippen LogP contribution is -2.25. The molecule has 0 bridgehead atoms. The summed E-state index contributed by atoms with van der Waals surface area (Å²) in [7, 11) is 4.91. The van der Waals surface area contributed by atoms with E-state index in [0.29, 0.717) is 11.5 Å². The summed E-state index contributed by atoms with van der Waals surface area (Å²) >= 11 is 0. The fraction of sp³-hybridized carbons (Fsp3) is 0.304. The fourth-order valence-electron chi connectivity index (χ4n) is 3.63. The van der Waals surface area contributed by atoms with Crippen molar-refractivity contribution in [2.45, 2.75) is 19.3 Å². The molecule has 2 aromatic carbocycles. The number of ether oxygens (including phenoxy) is 3. The predicted octanol–water partition coefficient (Wildman–Crippen LogP) is 3.74. The standard InChI is InChI=1S/C23H25NO5/c1-23(2)18-8-6-7-9-19(18)24(3)21(23)12-15(25)14-29-22(26)17-11-10-16(27-4)13-20(17)28-5/h6-13H,14H2,1-5H3/b21-12+. The van der Waals surface area contributed by atoms with Crippen LogP contribution >= 0.6 is 0 Å². The van der Waals surface area contributed by atoms with Crippen molar-refractivity contribution in [1.82, 2.24) is 0 Å². The first-order valence-corrected chi connectivity index (χ1v) is 9.27. The quantitative estimate of drug-likeness (QED) is 0.548. The number of ketones is 1. The van der Waals surface area contributed by atoms with Crippen LogP contribution in [0.4, 0.5) is 5.69 Å². The topological polar surface area (TPSA) is 65.1 Å². The number of carbonyl (C=O) groups excluding carboxylic acids is 2. The van der Waals surface area contributed by atoms with Crippen LogP contribution in [0.15, 0.2) is 54.2 Å². The minimum absolute atomic E-state index is 0.236. The first-order valence-electron chi connectivity index (χ1n) is 9.27. The van der Waals surface area contributed by atoms with Gasteiger partial charge >= 0.3 is 5.97 Å². The van der Waals surface area contributed by atoms with Gasteiger partial charge in [-0.2, -0.15) is 0 Å². The van der Waals surface area contributed by atoms with Crippen molar-refractivity contribution in [2.24, 2.45) is 0 Å². The average molecular weight is 395 g/mol. The SMILES string of the molecule is COc1ccc(C(=O)OCC(=O)/C=C2/N(C)c3ccccc3C2(C)C)c(OC)c1. The summed E-state index contributed by atoms with van der Waals surface area (Å²) < 4.78 is 15.6. The molecule has 1 heterocycles. The van der Waals surface area contributed by atoms with Gasteiger partial charge in [0.15, 0.2) is 12.4 Å². The van der Waals surface area contributed by atoms with Crippen LogP contribution in [0.2, 0.25) is 0 Å². The third kappa shape index (κ3) is 3.83. The number of benzene rings is 2. The molecule has 6 heteroatoms. The first kappa shape index (κ1) is 20.5. The van der Waals surface area contributed by atoms with Crippen molar-refractivity contribution >= 4 is 17.4 Å². The molecule has 0 N–H and O–H groups in total. The molecule has 0 aliphatic carbocycles. The number of rotatable bonds is 6. The molecular formula is C23H25NO5. The van der Waals surface area contributed by atoms with Crippen molar-refractivity contribution in [1.29, 1.82) is 0 Å². The number of nitrogens with zero attached hydrogens (tertiary/aromatic N) is 1. The van der Waals surface area contributed by atoms with E-state index >= 15 is 0 Å². The average Bonchev–Trinajstić information content (AvgIpc) is 2.92. The van der Waals surface area contributed by atoms with Gasteiger partial charge in [-0.05, 0) is 23.8 Å². The maximum absolute atomic E-state index is 12.5. The number of methoxy groups -OCH3 is 2. The predicted molar refractivity (Wildman–Crippen MR) is 111 cm³/mol. The zero-order valence-electron chi connectivity index (χ0n) is 17.3. The van der Waals surface area contributed by atoms with E-state index in [0.717, 1.165) is 16.9 Å². The number of hydrogen-bond acceptors (Lipinski definition) is 6. The number of hydrogen-bond donors (Lipinski definition) is 0. The second kappa shape index (κ2) is 7.99. The highest BCUT2D eigenvalue weighted by atomic mass is 16.5. The third-order valence-corrected chi connectivity index (χ3v) is 5.21. The van der Waals surface area contributed by atoms with Crippen LogP contribution in [0.5, 0.6) is 11.5 Å². The highest BCUT2D eigenvalue weighted by molar-refractivity contribution is 5.97. The van der Waals surface area contributed by atoms with Gasteiger partial charge in [-0.1, -0.05) is 32.0 Å². The van der Waals surface area contributed by atoms with Gasteiger partial charge in [0.2, 0.25) is 0 Å². The third-order valence-electron chi connectivity index (χ3n) is 5.21. The fourth-order valence-corrected chi connectivity index (χ4v) is 3.63. The molecule has 0 radical (unpaired) electrons. The lowest BCUT2D eigenvalue weighted by Gasteiger charge is -2.23. The molecule has 0 fully saturated rings. The lowest BCUT2D eigenvalue weighted by atomic mass is 9.83. The van der Waals surface area contributed by atoms with Crippen LogP contribution < -0.4 is 14.4 Å². The van der Waals surface area contributed by atoms with Crippen LogP contribution in [-0.4, -0.2) is 39.6 Å². The number of esters is 1. The van der Waals surface area contributed by atoms with Gasteiger partial charge in [0.25, 0.3) is 0 Å².